The molecule has 454 valence electrons. The van der Waals surface area contributed by atoms with Crippen molar-refractivity contribution in [3.63, 3.8) is 0 Å². The number of esters is 2. The normalized spacial score (nSPS) is 48.6. The number of fused-ring (bicyclic) bond motifs is 4. The van der Waals surface area contributed by atoms with Crippen LogP contribution in [0.25, 0.3) is 0 Å². The zero-order valence-corrected chi connectivity index (χ0v) is 50.3. The molecular weight excluding hydrogens is 1100 g/mol. The van der Waals surface area contributed by atoms with Gasteiger partial charge in [-0.25, -0.2) is 8.42 Å². The molecule has 8 fully saturated rings. The Morgan fingerprint density at radius 1 is 0.765 bits per heavy atom. The minimum Gasteiger partial charge on any atom is -0.726 e. The average molecular weight is 1190 g/mol. The first-order valence-electron chi connectivity index (χ1n) is 27.6. The van der Waals surface area contributed by atoms with E-state index in [1.54, 1.807) is 0 Å². The second-order valence-corrected chi connectivity index (χ2v) is 25.8. The SMILES string of the molecule is CO[C@@H]1[C@@H](O)[C@H](O[C@@H]2[C@@H](O)[C@H](O[C@@H]3CO[C@@H](O[C@H]4[C@H](O[C@H]5CC[C@]6(C)[C@@H]7CC[C@]89C(=O)O[C@@](C)(/C=C\C=C(C)C)C8[C@@H](OC(C)=O)C[C@@]9(C)C7=CC[C@H]6C5(C)C)OC[C@@H](OS(=O)(=O)[O-])[C@@H]4O)[C@H](O)[C@H]3O)OC[C@H]2O)O[C@H](CO)[C@H]1O.[Na+]. The standard InChI is InChI=1S/C54H82O25S.Na/c1-24(2)11-10-16-53(8)44-29(72-25(3)56)19-52(7)27-12-13-33-50(4,5)34(15-17-51(33,6)26(27)14-18-54(44,52)49(64)78-53)75-48-43(37(60)32(23-71-48)79-80(65,66)67)77-45-38(61)35(58)31(22-70-45)74-46-39(62)41(28(57)21-69-46)76-47-40(63)42(68-9)36(59)30(20-55)73-47;/h10-12,16,26,28-48,55,57-63H,13-15,17-23H2,1-9H3,(H,65,66,67);/q;+1/p-1/b16-10-;/t26-,28-,29+,30-,31-,32-,33+,34+,35+,36-,37+,38-,39-,40-,41+,42+,43-,44?,45+,46+,47+,48+,51-,52+,53+,54-;/m1./s1. The van der Waals surface area contributed by atoms with Crippen molar-refractivity contribution in [2.45, 2.75) is 216 Å². The zero-order chi connectivity index (χ0) is 58.4. The first kappa shape index (κ1) is 65.3. The Hall–Kier alpha value is -1.65. The summed E-state index contributed by atoms with van der Waals surface area (Å²) in [5.74, 6) is -1.17. The number of cyclic esters (lactones) is 1. The van der Waals surface area contributed by atoms with Gasteiger partial charge in [-0.2, -0.15) is 0 Å². The number of allylic oxidation sites excluding steroid dienone is 5. The maximum absolute atomic E-state index is 14.6. The number of methoxy groups -OCH3 is 1. The van der Waals surface area contributed by atoms with E-state index in [2.05, 4.69) is 38.0 Å². The number of ether oxygens (including phenoxy) is 11. The summed E-state index contributed by atoms with van der Waals surface area (Å²) >= 11 is 0. The van der Waals surface area contributed by atoms with E-state index in [0.29, 0.717) is 38.5 Å². The molecule has 0 radical (unpaired) electrons. The maximum Gasteiger partial charge on any atom is 1.00 e. The third-order valence-corrected chi connectivity index (χ3v) is 19.9. The molecule has 81 heavy (non-hydrogen) atoms. The fraction of sp³-hybridized carbons (Fsp3) is 0.852. The van der Waals surface area contributed by atoms with E-state index in [0.717, 1.165) is 11.1 Å². The molecule has 0 amide bonds. The molecule has 4 aliphatic carbocycles. The van der Waals surface area contributed by atoms with E-state index < -0.39 is 187 Å². The Labute approximate surface area is 493 Å². The van der Waals surface area contributed by atoms with Crippen LogP contribution in [0.2, 0.25) is 0 Å². The van der Waals surface area contributed by atoms with E-state index in [4.69, 9.17) is 52.1 Å². The number of carbonyl (C=O) groups excluding carboxylic acids is 2. The van der Waals surface area contributed by atoms with Gasteiger partial charge in [0.2, 0.25) is 10.4 Å². The van der Waals surface area contributed by atoms with Gasteiger partial charge in [-0.15, -0.1) is 0 Å². The molecule has 0 bridgehead atoms. The Bertz CT molecular complexity index is 2480. The van der Waals surface area contributed by atoms with Crippen molar-refractivity contribution in [1.29, 1.82) is 0 Å². The van der Waals surface area contributed by atoms with E-state index in [1.807, 2.05) is 39.0 Å². The molecule has 0 aromatic rings. The fourth-order valence-electron chi connectivity index (χ4n) is 15.6. The molecule has 9 aliphatic rings. The van der Waals surface area contributed by atoms with Crippen molar-refractivity contribution in [1.82, 2.24) is 0 Å². The van der Waals surface area contributed by atoms with Crippen LogP contribution in [0.1, 0.15) is 93.9 Å². The minimum atomic E-state index is -5.40. The van der Waals surface area contributed by atoms with Crippen LogP contribution in [-0.2, 0) is 76.3 Å². The number of carbonyl (C=O) groups is 2. The summed E-state index contributed by atoms with van der Waals surface area (Å²) in [6.07, 6.45) is -17.7. The van der Waals surface area contributed by atoms with Crippen LogP contribution in [0.4, 0.5) is 0 Å². The summed E-state index contributed by atoms with van der Waals surface area (Å²) in [7, 11) is -4.20. The van der Waals surface area contributed by atoms with Gasteiger partial charge < -0.3 is 97.5 Å². The van der Waals surface area contributed by atoms with E-state index in [9.17, 15) is 63.4 Å². The second kappa shape index (κ2) is 24.5. The van der Waals surface area contributed by atoms with E-state index in [-0.39, 0.29) is 52.8 Å². The molecular formula is C54H81NaO25S. The molecule has 5 aliphatic heterocycles. The zero-order valence-electron chi connectivity index (χ0n) is 47.5. The van der Waals surface area contributed by atoms with Gasteiger partial charge in [-0.3, -0.25) is 13.8 Å². The summed E-state index contributed by atoms with van der Waals surface area (Å²) in [6, 6.07) is 0. The second-order valence-electron chi connectivity index (χ2n) is 24.8. The maximum atomic E-state index is 14.6. The fourth-order valence-corrected chi connectivity index (χ4v) is 16.1. The van der Waals surface area contributed by atoms with E-state index >= 15 is 0 Å². The van der Waals surface area contributed by atoms with Gasteiger partial charge in [0.05, 0.1) is 43.9 Å². The van der Waals surface area contributed by atoms with Gasteiger partial charge in [-0.1, -0.05) is 57.1 Å². The van der Waals surface area contributed by atoms with Gasteiger partial charge >= 0.3 is 41.5 Å². The van der Waals surface area contributed by atoms with Crippen molar-refractivity contribution in [2.24, 2.45) is 39.4 Å². The van der Waals surface area contributed by atoms with Crippen molar-refractivity contribution in [2.75, 3.05) is 33.5 Å². The predicted molar refractivity (Wildman–Crippen MR) is 269 cm³/mol. The van der Waals surface area contributed by atoms with E-state index in [1.165, 1.54) is 14.0 Å². The first-order chi connectivity index (χ1) is 37.5. The number of hydrogen-bond acceptors (Lipinski definition) is 25. The number of aliphatic hydroxyl groups excluding tert-OH is 8. The summed E-state index contributed by atoms with van der Waals surface area (Å²) in [4.78, 5) is 27.3. The molecule has 27 heteroatoms. The average Bonchev–Trinajstić information content (AvgIpc) is 3.78. The van der Waals surface area contributed by atoms with Crippen LogP contribution in [-0.4, -0.2) is 222 Å². The first-order valence-corrected chi connectivity index (χ1v) is 28.9. The van der Waals surface area contributed by atoms with Crippen molar-refractivity contribution < 1.29 is 149 Å². The largest absolute Gasteiger partial charge is 1.00 e. The van der Waals surface area contributed by atoms with Crippen LogP contribution in [0, 0.1) is 39.4 Å². The number of hydrogen-bond donors (Lipinski definition) is 8. The Morgan fingerprint density at radius 3 is 2.06 bits per heavy atom. The van der Waals surface area contributed by atoms with Crippen LogP contribution >= 0.6 is 0 Å². The quantitative estimate of drug-likeness (QED) is 0.0199. The third kappa shape index (κ3) is 11.7. The molecule has 3 saturated carbocycles. The van der Waals surface area contributed by atoms with Crippen LogP contribution in [0.3, 0.4) is 0 Å². The summed E-state index contributed by atoms with van der Waals surface area (Å²) in [5, 5.41) is 87.7. The summed E-state index contributed by atoms with van der Waals surface area (Å²) in [5.41, 5.74) is -1.44. The topological polar surface area (TPSA) is 364 Å². The molecule has 9 rings (SSSR count). The molecule has 0 aromatic carbocycles. The summed E-state index contributed by atoms with van der Waals surface area (Å²) < 4.78 is 105. The number of aliphatic hydroxyl groups is 8. The van der Waals surface area contributed by atoms with Crippen LogP contribution in [0.15, 0.2) is 35.5 Å². The van der Waals surface area contributed by atoms with Gasteiger partial charge in [0, 0.05) is 19.4 Å². The smallest absolute Gasteiger partial charge is 0.726 e. The predicted octanol–water partition coefficient (Wildman–Crippen LogP) is -3.33. The molecule has 25 nitrogen and oxygen atoms in total. The van der Waals surface area contributed by atoms with Crippen LogP contribution < -0.4 is 29.6 Å². The summed E-state index contributed by atoms with van der Waals surface area (Å²) in [6.45, 7) is 13.4. The Balaban J connectivity index is 0.00000860. The third-order valence-electron chi connectivity index (χ3n) is 19.4. The Kier molecular flexibility index (Phi) is 19.8. The monoisotopic (exact) mass is 1180 g/mol. The molecule has 1 unspecified atom stereocenters. The van der Waals surface area contributed by atoms with Crippen molar-refractivity contribution in [3.8, 4) is 0 Å². The van der Waals surface area contributed by atoms with Crippen molar-refractivity contribution in [3.05, 3.63) is 35.5 Å². The van der Waals surface area contributed by atoms with Gasteiger partial charge in [-0.05, 0) is 88.0 Å². The van der Waals surface area contributed by atoms with Gasteiger partial charge in [0.25, 0.3) is 0 Å². The van der Waals surface area contributed by atoms with Crippen molar-refractivity contribution >= 4 is 22.3 Å². The van der Waals surface area contributed by atoms with Gasteiger partial charge in [0.1, 0.15) is 91.1 Å². The molecule has 26 atom stereocenters. The van der Waals surface area contributed by atoms with Gasteiger partial charge in [0.15, 0.2) is 25.2 Å². The van der Waals surface area contributed by atoms with Crippen LogP contribution in [0.5, 0.6) is 0 Å². The molecule has 5 heterocycles. The Morgan fingerprint density at radius 2 is 1.41 bits per heavy atom. The number of rotatable bonds is 15. The molecule has 0 aromatic heterocycles. The molecule has 8 N–H and O–H groups in total. The molecule has 1 spiro atoms. The minimum absolute atomic E-state index is 0. The molecule has 5 saturated heterocycles.